The van der Waals surface area contributed by atoms with Gasteiger partial charge in [0.2, 0.25) is 0 Å². The predicted molar refractivity (Wildman–Crippen MR) is 144 cm³/mol. The van der Waals surface area contributed by atoms with E-state index in [-0.39, 0.29) is 5.41 Å². The molecule has 1 heterocycles. The van der Waals surface area contributed by atoms with Crippen LogP contribution in [-0.4, -0.2) is 20.5 Å². The minimum absolute atomic E-state index is 0.232. The first kappa shape index (κ1) is 25.1. The smallest absolute Gasteiger partial charge is 0.0848 e. The second-order valence-corrected chi connectivity index (χ2v) is 13.6. The van der Waals surface area contributed by atoms with E-state index < -0.39 is 5.60 Å². The van der Waals surface area contributed by atoms with E-state index in [1.807, 2.05) is 10.9 Å². The summed E-state index contributed by atoms with van der Waals surface area (Å²) in [6, 6.07) is 0. The van der Waals surface area contributed by atoms with Gasteiger partial charge in [0.15, 0.2) is 0 Å². The highest BCUT2D eigenvalue weighted by Gasteiger charge is 2.60. The number of hydrogen-bond donors (Lipinski definition) is 1. The third-order valence-electron chi connectivity index (χ3n) is 11.6. The van der Waals surface area contributed by atoms with Crippen LogP contribution in [0.1, 0.15) is 104 Å². The topological polar surface area (TPSA) is 38.0 Å². The molecule has 0 bridgehead atoms. The van der Waals surface area contributed by atoms with Crippen LogP contribution in [0.5, 0.6) is 0 Å². The summed E-state index contributed by atoms with van der Waals surface area (Å²) >= 11 is 0. The number of nitrogens with zero attached hydrogens (tertiary/aromatic N) is 2. The lowest BCUT2D eigenvalue weighted by molar-refractivity contribution is -0.175. The van der Waals surface area contributed by atoms with E-state index >= 15 is 0 Å². The average molecular weight is 477 g/mol. The molecule has 1 aromatic heterocycles. The second kappa shape index (κ2) is 9.41. The number of aliphatic hydroxyl groups is 1. The molecular formula is C32H48N2O. The van der Waals surface area contributed by atoms with Gasteiger partial charge in [0.1, 0.15) is 0 Å². The largest absolute Gasteiger partial charge is 0.388 e. The number of rotatable bonds is 4. The molecule has 4 fully saturated rings. The molecule has 9 atom stereocenters. The molecule has 1 aromatic rings. The van der Waals surface area contributed by atoms with Gasteiger partial charge in [-0.2, -0.15) is 5.10 Å². The van der Waals surface area contributed by atoms with Crippen LogP contribution in [0, 0.1) is 58.2 Å². The van der Waals surface area contributed by atoms with E-state index in [2.05, 4.69) is 51.2 Å². The molecule has 3 nitrogen and oxygen atoms in total. The highest BCUT2D eigenvalue weighted by molar-refractivity contribution is 5.32. The van der Waals surface area contributed by atoms with Crippen LogP contribution in [0.25, 0.3) is 0 Å². The molecule has 5 rings (SSSR count). The zero-order valence-electron chi connectivity index (χ0n) is 22.7. The monoisotopic (exact) mass is 476 g/mol. The maximum Gasteiger partial charge on any atom is 0.0848 e. The van der Waals surface area contributed by atoms with E-state index in [0.29, 0.717) is 17.9 Å². The van der Waals surface area contributed by atoms with Gasteiger partial charge in [0, 0.05) is 6.20 Å². The first-order chi connectivity index (χ1) is 16.7. The van der Waals surface area contributed by atoms with Crippen molar-refractivity contribution in [3.63, 3.8) is 0 Å². The molecule has 4 aliphatic carbocycles. The van der Waals surface area contributed by atoms with Crippen molar-refractivity contribution in [1.82, 2.24) is 9.78 Å². The standard InChI is InChI=1S/C32H48N2O/c1-6-8-10-24-20-33-34(21-24)22-32(5,35)29-12-9-11-28-26-15-17-30(3)19-23(7-2)13-14-27(30)25(26)16-18-31(28,29)4/h6,20-21,23,25-29,35H,1,7,9,11-19,22H2,2-5H3/t23-,25?,26+,27+,28?,29-,30+,31-,32+/m0/s1. The molecule has 1 N–H and O–H groups in total. The zero-order valence-corrected chi connectivity index (χ0v) is 22.7. The average Bonchev–Trinajstić information content (AvgIpc) is 3.27. The molecule has 0 radical (unpaired) electrons. The van der Waals surface area contributed by atoms with Gasteiger partial charge in [-0.3, -0.25) is 4.68 Å². The normalized spacial score (nSPS) is 42.4. The van der Waals surface area contributed by atoms with Crippen molar-refractivity contribution < 1.29 is 5.11 Å². The molecule has 35 heavy (non-hydrogen) atoms. The SMILES string of the molecule is C=CC#Cc1cnn(C[C@@](C)(O)[C@H]2CCCC3[C@@H]4CC[C@]5(C)C[C@@H](CC)CC[C@@H]5C4CC[C@@]32C)c1. The van der Waals surface area contributed by atoms with Crippen molar-refractivity contribution in [3.8, 4) is 11.8 Å². The van der Waals surface area contributed by atoms with Crippen molar-refractivity contribution in [1.29, 1.82) is 0 Å². The lowest BCUT2D eigenvalue weighted by Gasteiger charge is -2.64. The van der Waals surface area contributed by atoms with Gasteiger partial charge in [-0.15, -0.1) is 0 Å². The second-order valence-electron chi connectivity index (χ2n) is 13.6. The van der Waals surface area contributed by atoms with Crippen LogP contribution in [0.15, 0.2) is 25.0 Å². The molecule has 0 spiro atoms. The van der Waals surface area contributed by atoms with Crippen LogP contribution >= 0.6 is 0 Å². The maximum absolute atomic E-state index is 11.9. The Bertz CT molecular complexity index is 981. The third-order valence-corrected chi connectivity index (χ3v) is 11.6. The Kier molecular flexibility index (Phi) is 6.75. The Morgan fingerprint density at radius 2 is 1.91 bits per heavy atom. The highest BCUT2D eigenvalue weighted by atomic mass is 16.3. The van der Waals surface area contributed by atoms with Gasteiger partial charge in [-0.05, 0) is 111 Å². The highest BCUT2D eigenvalue weighted by Crippen LogP contribution is 2.67. The van der Waals surface area contributed by atoms with E-state index in [4.69, 9.17) is 0 Å². The fourth-order valence-electron chi connectivity index (χ4n) is 10.1. The van der Waals surface area contributed by atoms with Crippen molar-refractivity contribution in [2.45, 2.75) is 110 Å². The minimum Gasteiger partial charge on any atom is -0.388 e. The number of aromatic nitrogens is 2. The van der Waals surface area contributed by atoms with Crippen molar-refractivity contribution in [2.24, 2.45) is 46.3 Å². The molecule has 0 saturated heterocycles. The summed E-state index contributed by atoms with van der Waals surface area (Å²) in [6.07, 6.45) is 20.5. The van der Waals surface area contributed by atoms with E-state index in [9.17, 15) is 5.11 Å². The summed E-state index contributed by atoms with van der Waals surface area (Å²) in [5.41, 5.74) is 0.935. The Hall–Kier alpha value is -1.53. The zero-order chi connectivity index (χ0) is 24.8. The molecule has 0 amide bonds. The lowest BCUT2D eigenvalue weighted by Crippen LogP contribution is -2.59. The van der Waals surface area contributed by atoms with Crippen molar-refractivity contribution in [2.75, 3.05) is 0 Å². The first-order valence-electron chi connectivity index (χ1n) is 14.6. The Morgan fingerprint density at radius 1 is 1.14 bits per heavy atom. The summed E-state index contributed by atoms with van der Waals surface area (Å²) in [6.45, 7) is 13.9. The number of allylic oxidation sites excluding steroid dienone is 1. The maximum atomic E-state index is 11.9. The van der Waals surface area contributed by atoms with E-state index in [1.54, 1.807) is 12.3 Å². The minimum atomic E-state index is -0.766. The van der Waals surface area contributed by atoms with Gasteiger partial charge >= 0.3 is 0 Å². The van der Waals surface area contributed by atoms with Crippen LogP contribution in [0.4, 0.5) is 0 Å². The van der Waals surface area contributed by atoms with Crippen LogP contribution in [-0.2, 0) is 6.54 Å². The van der Waals surface area contributed by atoms with Crippen LogP contribution < -0.4 is 0 Å². The predicted octanol–water partition coefficient (Wildman–Crippen LogP) is 7.25. The van der Waals surface area contributed by atoms with Gasteiger partial charge in [0.05, 0.1) is 23.9 Å². The van der Waals surface area contributed by atoms with Crippen molar-refractivity contribution >= 4 is 0 Å². The molecular weight excluding hydrogens is 428 g/mol. The first-order valence-corrected chi connectivity index (χ1v) is 14.6. The summed E-state index contributed by atoms with van der Waals surface area (Å²) in [5.74, 6) is 10.7. The Morgan fingerprint density at radius 3 is 2.69 bits per heavy atom. The van der Waals surface area contributed by atoms with Gasteiger partial charge in [-0.1, -0.05) is 58.5 Å². The number of fused-ring (bicyclic) bond motifs is 5. The fraction of sp³-hybridized carbons (Fsp3) is 0.781. The van der Waals surface area contributed by atoms with Gasteiger partial charge < -0.3 is 5.11 Å². The molecule has 0 aliphatic heterocycles. The van der Waals surface area contributed by atoms with Crippen LogP contribution in [0.2, 0.25) is 0 Å². The Balaban J connectivity index is 1.35. The molecule has 0 aromatic carbocycles. The molecule has 4 aliphatic rings. The van der Waals surface area contributed by atoms with E-state index in [1.165, 1.54) is 64.2 Å². The molecule has 192 valence electrons. The van der Waals surface area contributed by atoms with Gasteiger partial charge in [-0.25, -0.2) is 0 Å². The summed E-state index contributed by atoms with van der Waals surface area (Å²) in [4.78, 5) is 0. The molecule has 4 saturated carbocycles. The quantitative estimate of drug-likeness (QED) is 0.465. The molecule has 3 heteroatoms. The third kappa shape index (κ3) is 4.43. The lowest BCUT2D eigenvalue weighted by atomic mass is 9.41. The van der Waals surface area contributed by atoms with Crippen molar-refractivity contribution in [3.05, 3.63) is 30.6 Å². The summed E-state index contributed by atoms with van der Waals surface area (Å²) in [7, 11) is 0. The van der Waals surface area contributed by atoms with Crippen LogP contribution in [0.3, 0.4) is 0 Å². The van der Waals surface area contributed by atoms with Gasteiger partial charge in [0.25, 0.3) is 0 Å². The summed E-state index contributed by atoms with van der Waals surface area (Å²) in [5, 5.41) is 16.5. The Labute approximate surface area is 214 Å². The molecule has 2 unspecified atom stereocenters. The summed E-state index contributed by atoms with van der Waals surface area (Å²) < 4.78 is 1.91. The van der Waals surface area contributed by atoms with E-state index in [0.717, 1.165) is 41.6 Å². The number of hydrogen-bond acceptors (Lipinski definition) is 2. The fourth-order valence-corrected chi connectivity index (χ4v) is 10.1.